The molecule has 0 aliphatic carbocycles. The van der Waals surface area contributed by atoms with Crippen molar-refractivity contribution in [2.45, 2.75) is 13.5 Å². The number of halogens is 2. The second kappa shape index (κ2) is 9.39. The fraction of sp³-hybridized carbons (Fsp3) is 0.0800. The summed E-state index contributed by atoms with van der Waals surface area (Å²) in [6.45, 7) is 1.78. The number of anilines is 1. The van der Waals surface area contributed by atoms with Crippen molar-refractivity contribution in [2.75, 3.05) is 5.32 Å². The fourth-order valence-electron chi connectivity index (χ4n) is 3.40. The van der Waals surface area contributed by atoms with Gasteiger partial charge in [0.05, 0.1) is 21.3 Å². The average molecular weight is 464 g/mol. The van der Waals surface area contributed by atoms with E-state index >= 15 is 0 Å². The molecule has 0 aliphatic heterocycles. The lowest BCUT2D eigenvalue weighted by atomic mass is 10.0. The Bertz CT molecular complexity index is 1330. The van der Waals surface area contributed by atoms with Crippen LogP contribution in [0.1, 0.15) is 22.8 Å². The second-order valence-electron chi connectivity index (χ2n) is 7.25. The van der Waals surface area contributed by atoms with Gasteiger partial charge < -0.3 is 10.6 Å². The van der Waals surface area contributed by atoms with Gasteiger partial charge in [-0.2, -0.15) is 0 Å². The third kappa shape index (κ3) is 4.74. The first-order valence-corrected chi connectivity index (χ1v) is 10.7. The smallest absolute Gasteiger partial charge is 0.257 e. The van der Waals surface area contributed by atoms with Crippen LogP contribution in [0.5, 0.6) is 0 Å². The zero-order valence-corrected chi connectivity index (χ0v) is 18.7. The normalized spacial score (nSPS) is 10.7. The number of carbonyl (C=O) groups excluding carboxylic acids is 2. The van der Waals surface area contributed by atoms with E-state index < -0.39 is 0 Å². The van der Waals surface area contributed by atoms with Crippen LogP contribution >= 0.6 is 23.2 Å². The zero-order chi connectivity index (χ0) is 22.7. The van der Waals surface area contributed by atoms with Gasteiger partial charge in [-0.25, -0.2) is 0 Å². The number of fused-ring (bicyclic) bond motifs is 1. The molecule has 1 heterocycles. The molecule has 160 valence electrons. The van der Waals surface area contributed by atoms with Crippen LogP contribution in [-0.2, 0) is 11.3 Å². The lowest BCUT2D eigenvalue weighted by molar-refractivity contribution is -0.119. The average Bonchev–Trinajstić information content (AvgIpc) is 2.78. The highest BCUT2D eigenvalue weighted by Crippen LogP contribution is 2.34. The largest absolute Gasteiger partial charge is 0.352 e. The summed E-state index contributed by atoms with van der Waals surface area (Å²) in [6, 6.07) is 20.2. The Kier molecular flexibility index (Phi) is 6.40. The maximum absolute atomic E-state index is 12.8. The molecule has 0 fully saturated rings. The Morgan fingerprint density at radius 2 is 1.75 bits per heavy atom. The quantitative estimate of drug-likeness (QED) is 0.375. The van der Waals surface area contributed by atoms with Crippen molar-refractivity contribution in [3.8, 4) is 11.3 Å². The van der Waals surface area contributed by atoms with Crippen LogP contribution in [0.4, 0.5) is 5.69 Å². The number of hydrogen-bond donors (Lipinski definition) is 2. The maximum atomic E-state index is 12.8. The molecule has 0 saturated heterocycles. The van der Waals surface area contributed by atoms with Crippen molar-refractivity contribution in [3.05, 3.63) is 94.1 Å². The van der Waals surface area contributed by atoms with Gasteiger partial charge in [0, 0.05) is 36.3 Å². The Morgan fingerprint density at radius 1 is 0.938 bits per heavy atom. The lowest BCUT2D eigenvalue weighted by Gasteiger charge is -2.12. The van der Waals surface area contributed by atoms with Crippen LogP contribution in [0, 0.1) is 0 Å². The highest BCUT2D eigenvalue weighted by Gasteiger charge is 2.14. The number of aromatic nitrogens is 1. The van der Waals surface area contributed by atoms with Crippen LogP contribution in [-0.4, -0.2) is 16.8 Å². The topological polar surface area (TPSA) is 71.1 Å². The summed E-state index contributed by atoms with van der Waals surface area (Å²) in [5.74, 6) is -0.484. The molecule has 1 aromatic heterocycles. The highest BCUT2D eigenvalue weighted by atomic mass is 35.5. The van der Waals surface area contributed by atoms with E-state index in [4.69, 9.17) is 23.2 Å². The molecule has 0 saturated carbocycles. The molecular formula is C25H19Cl2N3O2. The van der Waals surface area contributed by atoms with Gasteiger partial charge in [0.2, 0.25) is 5.91 Å². The van der Waals surface area contributed by atoms with Gasteiger partial charge in [0.15, 0.2) is 0 Å². The van der Waals surface area contributed by atoms with Gasteiger partial charge in [-0.15, -0.1) is 0 Å². The second-order valence-corrected chi connectivity index (χ2v) is 8.07. The van der Waals surface area contributed by atoms with E-state index in [0.717, 1.165) is 27.6 Å². The molecule has 0 radical (unpaired) electrons. The molecule has 0 spiro atoms. The number of hydrogen-bond acceptors (Lipinski definition) is 3. The summed E-state index contributed by atoms with van der Waals surface area (Å²) in [5, 5.41) is 8.43. The van der Waals surface area contributed by atoms with Gasteiger partial charge in [-0.1, -0.05) is 53.5 Å². The van der Waals surface area contributed by atoms with E-state index in [2.05, 4.69) is 15.6 Å². The van der Waals surface area contributed by atoms with Crippen molar-refractivity contribution < 1.29 is 9.59 Å². The standard InChI is InChI=1S/C25H19Cl2N3O2/c1-15(31)29-14-16-6-8-20(23(27)12-16)25(32)30-18-7-9-22(26)21(13-18)24-19-5-3-2-4-17(19)10-11-28-24/h2-13H,14H2,1H3,(H,29,31)(H,30,32). The molecular weight excluding hydrogens is 445 g/mol. The SMILES string of the molecule is CC(=O)NCc1ccc(C(=O)Nc2ccc(Cl)c(-c3nccc4ccccc34)c2)c(Cl)c1. The van der Waals surface area contributed by atoms with E-state index in [9.17, 15) is 9.59 Å². The number of carbonyl (C=O) groups is 2. The Morgan fingerprint density at radius 3 is 2.53 bits per heavy atom. The number of rotatable bonds is 5. The number of amides is 2. The van der Waals surface area contributed by atoms with Crippen molar-refractivity contribution in [2.24, 2.45) is 0 Å². The van der Waals surface area contributed by atoms with Crippen LogP contribution in [0.15, 0.2) is 72.9 Å². The van der Waals surface area contributed by atoms with E-state index in [-0.39, 0.29) is 11.8 Å². The Balaban J connectivity index is 1.61. The minimum Gasteiger partial charge on any atom is -0.352 e. The predicted molar refractivity (Wildman–Crippen MR) is 129 cm³/mol. The van der Waals surface area contributed by atoms with Crippen LogP contribution < -0.4 is 10.6 Å². The van der Waals surface area contributed by atoms with E-state index in [1.54, 1.807) is 42.6 Å². The van der Waals surface area contributed by atoms with Crippen molar-refractivity contribution in [1.29, 1.82) is 0 Å². The zero-order valence-electron chi connectivity index (χ0n) is 17.2. The van der Waals surface area contributed by atoms with Crippen molar-refractivity contribution in [1.82, 2.24) is 10.3 Å². The minimum absolute atomic E-state index is 0.137. The van der Waals surface area contributed by atoms with E-state index in [1.807, 2.05) is 30.3 Å². The lowest BCUT2D eigenvalue weighted by Crippen LogP contribution is -2.19. The van der Waals surface area contributed by atoms with Gasteiger partial charge in [-0.3, -0.25) is 14.6 Å². The predicted octanol–water partition coefficient (Wildman–Crippen LogP) is 6.10. The fourth-order valence-corrected chi connectivity index (χ4v) is 3.89. The number of pyridine rings is 1. The Labute approximate surface area is 195 Å². The first-order chi connectivity index (χ1) is 15.4. The summed E-state index contributed by atoms with van der Waals surface area (Å²) in [5.41, 5.74) is 3.17. The van der Waals surface area contributed by atoms with Gasteiger partial charge in [-0.05, 0) is 47.3 Å². The van der Waals surface area contributed by atoms with Crippen molar-refractivity contribution in [3.63, 3.8) is 0 Å². The first kappa shape index (κ1) is 21.8. The molecule has 0 aliphatic rings. The van der Waals surface area contributed by atoms with E-state index in [1.165, 1.54) is 6.92 Å². The third-order valence-electron chi connectivity index (χ3n) is 4.97. The summed E-state index contributed by atoms with van der Waals surface area (Å²) < 4.78 is 0. The van der Waals surface area contributed by atoms with Gasteiger partial charge >= 0.3 is 0 Å². The summed E-state index contributed by atoms with van der Waals surface area (Å²) in [6.07, 6.45) is 1.74. The third-order valence-corrected chi connectivity index (χ3v) is 5.61. The Hall–Kier alpha value is -3.41. The van der Waals surface area contributed by atoms with Gasteiger partial charge in [0.25, 0.3) is 5.91 Å². The molecule has 3 aromatic carbocycles. The van der Waals surface area contributed by atoms with Crippen LogP contribution in [0.3, 0.4) is 0 Å². The molecule has 0 bridgehead atoms. The summed E-state index contributed by atoms with van der Waals surface area (Å²) in [4.78, 5) is 28.4. The van der Waals surface area contributed by atoms with E-state index in [0.29, 0.717) is 27.8 Å². The first-order valence-electron chi connectivity index (χ1n) is 9.90. The molecule has 0 atom stereocenters. The molecule has 4 aromatic rings. The van der Waals surface area contributed by atoms with Crippen LogP contribution in [0.25, 0.3) is 22.0 Å². The molecule has 4 rings (SSSR count). The summed E-state index contributed by atoms with van der Waals surface area (Å²) in [7, 11) is 0. The maximum Gasteiger partial charge on any atom is 0.257 e. The molecule has 5 nitrogen and oxygen atoms in total. The molecule has 7 heteroatoms. The van der Waals surface area contributed by atoms with Gasteiger partial charge in [0.1, 0.15) is 0 Å². The number of nitrogens with zero attached hydrogens (tertiary/aromatic N) is 1. The number of benzene rings is 3. The minimum atomic E-state index is -0.347. The van der Waals surface area contributed by atoms with Crippen molar-refractivity contribution >= 4 is 51.5 Å². The highest BCUT2D eigenvalue weighted by molar-refractivity contribution is 6.35. The number of nitrogens with one attached hydrogen (secondary N) is 2. The monoisotopic (exact) mass is 463 g/mol. The van der Waals surface area contributed by atoms with Crippen LogP contribution in [0.2, 0.25) is 10.0 Å². The molecule has 0 unspecified atom stereocenters. The molecule has 2 amide bonds. The summed E-state index contributed by atoms with van der Waals surface area (Å²) >= 11 is 12.8. The molecule has 32 heavy (non-hydrogen) atoms. The molecule has 2 N–H and O–H groups in total.